The molecule has 2 aromatic rings. The van der Waals surface area contributed by atoms with Gasteiger partial charge in [-0.1, -0.05) is 35.4 Å². The van der Waals surface area contributed by atoms with E-state index in [0.717, 1.165) is 24.0 Å². The summed E-state index contributed by atoms with van der Waals surface area (Å²) in [7, 11) is 0. The molecule has 8 nitrogen and oxygen atoms in total. The number of hydrogen-bond donors (Lipinski definition) is 1. The maximum Gasteiger partial charge on any atom is 0.256 e. The summed E-state index contributed by atoms with van der Waals surface area (Å²) in [6.45, 7) is 6.05. The highest BCUT2D eigenvalue weighted by atomic mass is 16.5. The predicted octanol–water partition coefficient (Wildman–Crippen LogP) is 3.07. The number of aryl methyl sites for hydroxylation is 2. The van der Waals surface area contributed by atoms with Crippen LogP contribution in [0.1, 0.15) is 57.5 Å². The average molecular weight is 506 g/mol. The molecule has 3 amide bonds. The molecular weight excluding hydrogens is 470 g/mol. The summed E-state index contributed by atoms with van der Waals surface area (Å²) in [6.07, 6.45) is 2.81. The van der Waals surface area contributed by atoms with E-state index in [0.29, 0.717) is 50.2 Å². The number of rotatable bonds is 5. The van der Waals surface area contributed by atoms with Gasteiger partial charge in [-0.3, -0.25) is 19.3 Å². The summed E-state index contributed by atoms with van der Waals surface area (Å²) in [5, 5.41) is 2.99. The smallest absolute Gasteiger partial charge is 0.256 e. The molecule has 3 fully saturated rings. The second-order valence-corrected chi connectivity index (χ2v) is 10.4. The summed E-state index contributed by atoms with van der Waals surface area (Å²) in [4.78, 5) is 43.8. The van der Waals surface area contributed by atoms with Gasteiger partial charge in [-0.2, -0.15) is 0 Å². The monoisotopic (exact) mass is 505 g/mol. The Hall–Kier alpha value is -3.23. The van der Waals surface area contributed by atoms with Gasteiger partial charge in [0.15, 0.2) is 0 Å². The first-order valence-electron chi connectivity index (χ1n) is 13.2. The van der Waals surface area contributed by atoms with Gasteiger partial charge in [0.25, 0.3) is 11.8 Å². The van der Waals surface area contributed by atoms with Gasteiger partial charge in [0.05, 0.1) is 12.7 Å². The van der Waals surface area contributed by atoms with Crippen molar-refractivity contribution in [2.75, 3.05) is 32.8 Å². The number of benzene rings is 2. The van der Waals surface area contributed by atoms with E-state index < -0.39 is 11.8 Å². The van der Waals surface area contributed by atoms with E-state index in [1.54, 1.807) is 11.0 Å². The molecule has 1 N–H and O–H groups in total. The molecular formula is C29H35N3O5. The van der Waals surface area contributed by atoms with Gasteiger partial charge in [-0.05, 0) is 51.0 Å². The molecule has 0 aromatic heterocycles. The van der Waals surface area contributed by atoms with Crippen LogP contribution in [-0.4, -0.2) is 78.2 Å². The highest BCUT2D eigenvalue weighted by Gasteiger charge is 2.54. The van der Waals surface area contributed by atoms with Gasteiger partial charge in [0.1, 0.15) is 11.8 Å². The molecule has 1 spiro atoms. The van der Waals surface area contributed by atoms with Gasteiger partial charge in [0, 0.05) is 50.2 Å². The Morgan fingerprint density at radius 3 is 2.22 bits per heavy atom. The molecule has 3 heterocycles. The highest BCUT2D eigenvalue weighted by Crippen LogP contribution is 2.39. The number of nitrogens with one attached hydrogen (secondary N) is 1. The third-order valence-electron chi connectivity index (χ3n) is 7.67. The Bertz CT molecular complexity index is 1170. The van der Waals surface area contributed by atoms with E-state index in [9.17, 15) is 14.4 Å². The quantitative estimate of drug-likeness (QED) is 0.675. The van der Waals surface area contributed by atoms with E-state index in [4.69, 9.17) is 9.47 Å². The first-order valence-corrected chi connectivity index (χ1v) is 13.2. The Balaban J connectivity index is 1.35. The van der Waals surface area contributed by atoms with Crippen molar-refractivity contribution in [2.45, 2.75) is 57.4 Å². The lowest BCUT2D eigenvalue weighted by Gasteiger charge is -2.44. The van der Waals surface area contributed by atoms with Gasteiger partial charge >= 0.3 is 0 Å². The minimum Gasteiger partial charge on any atom is -0.376 e. The molecule has 0 bridgehead atoms. The maximum atomic E-state index is 13.9. The second-order valence-electron chi connectivity index (χ2n) is 10.4. The Labute approximate surface area is 217 Å². The summed E-state index contributed by atoms with van der Waals surface area (Å²) >= 11 is 0. The van der Waals surface area contributed by atoms with Crippen LogP contribution in [0.15, 0.2) is 48.5 Å². The van der Waals surface area contributed by atoms with Gasteiger partial charge in [-0.25, -0.2) is 0 Å². The van der Waals surface area contributed by atoms with Crippen molar-refractivity contribution in [2.24, 2.45) is 0 Å². The Kier molecular flexibility index (Phi) is 7.31. The fourth-order valence-corrected chi connectivity index (χ4v) is 5.64. The third kappa shape index (κ3) is 5.26. The summed E-state index contributed by atoms with van der Waals surface area (Å²) in [5.41, 5.74) is 2.25. The van der Waals surface area contributed by atoms with Crippen molar-refractivity contribution in [1.29, 1.82) is 0 Å². The zero-order valence-electron chi connectivity index (χ0n) is 21.6. The molecule has 3 saturated heterocycles. The van der Waals surface area contributed by atoms with Gasteiger partial charge in [0.2, 0.25) is 5.91 Å². The normalized spacial score (nSPS) is 22.9. The summed E-state index contributed by atoms with van der Waals surface area (Å²) in [5.74, 6) is -0.484. The van der Waals surface area contributed by atoms with E-state index >= 15 is 0 Å². The van der Waals surface area contributed by atoms with Crippen LogP contribution in [0.3, 0.4) is 0 Å². The van der Waals surface area contributed by atoms with Gasteiger partial charge in [-0.15, -0.1) is 0 Å². The van der Waals surface area contributed by atoms with Crippen molar-refractivity contribution < 1.29 is 23.9 Å². The number of piperidine rings is 1. The molecule has 0 saturated carbocycles. The lowest BCUT2D eigenvalue weighted by molar-refractivity contribution is -0.128. The Morgan fingerprint density at radius 2 is 1.62 bits per heavy atom. The SMILES string of the molecule is Cc1cccc(C(=O)N2CCC3(CC2)OC[C@@H](C(=O)NC[C@@H]2CCCO2)N3C(=O)c2cccc(C)c2)c1. The zero-order chi connectivity index (χ0) is 26.0. The van der Waals surface area contributed by atoms with Crippen LogP contribution >= 0.6 is 0 Å². The zero-order valence-corrected chi connectivity index (χ0v) is 21.6. The minimum atomic E-state index is -0.934. The average Bonchev–Trinajstić information content (AvgIpc) is 3.55. The van der Waals surface area contributed by atoms with E-state index in [1.165, 1.54) is 0 Å². The predicted molar refractivity (Wildman–Crippen MR) is 138 cm³/mol. The lowest BCUT2D eigenvalue weighted by Crippen LogP contribution is -2.60. The molecule has 2 aromatic carbocycles. The highest BCUT2D eigenvalue weighted by molar-refractivity contribution is 5.99. The van der Waals surface area contributed by atoms with Gasteiger partial charge < -0.3 is 19.7 Å². The van der Waals surface area contributed by atoms with E-state index in [-0.39, 0.29) is 30.4 Å². The van der Waals surface area contributed by atoms with Crippen molar-refractivity contribution in [1.82, 2.24) is 15.1 Å². The fraction of sp³-hybridized carbons (Fsp3) is 0.483. The number of ether oxygens (including phenoxy) is 2. The molecule has 2 atom stereocenters. The van der Waals surface area contributed by atoms with Crippen molar-refractivity contribution in [3.05, 3.63) is 70.8 Å². The van der Waals surface area contributed by atoms with Crippen LogP contribution in [0, 0.1) is 13.8 Å². The molecule has 196 valence electrons. The first-order chi connectivity index (χ1) is 17.9. The molecule has 3 aliphatic heterocycles. The Morgan fingerprint density at radius 1 is 0.973 bits per heavy atom. The molecule has 37 heavy (non-hydrogen) atoms. The molecule has 0 radical (unpaired) electrons. The topological polar surface area (TPSA) is 88.2 Å². The van der Waals surface area contributed by atoms with Crippen LogP contribution in [0.2, 0.25) is 0 Å². The number of carbonyl (C=O) groups excluding carboxylic acids is 3. The van der Waals surface area contributed by atoms with E-state index in [1.807, 2.05) is 61.2 Å². The second kappa shape index (κ2) is 10.6. The van der Waals surface area contributed by atoms with E-state index in [2.05, 4.69) is 5.32 Å². The summed E-state index contributed by atoms with van der Waals surface area (Å²) < 4.78 is 11.9. The van der Waals surface area contributed by atoms with Crippen molar-refractivity contribution in [3.8, 4) is 0 Å². The number of amides is 3. The molecule has 8 heteroatoms. The van der Waals surface area contributed by atoms with Crippen molar-refractivity contribution >= 4 is 17.7 Å². The number of hydrogen-bond acceptors (Lipinski definition) is 5. The van der Waals surface area contributed by atoms with Crippen LogP contribution < -0.4 is 5.32 Å². The lowest BCUT2D eigenvalue weighted by atomic mass is 9.95. The number of likely N-dealkylation sites (tertiary alicyclic amines) is 1. The van der Waals surface area contributed by atoms with Crippen molar-refractivity contribution in [3.63, 3.8) is 0 Å². The standard InChI is InChI=1S/C29H35N3O5/c1-20-6-3-8-22(16-20)27(34)31-13-11-29(12-14-31)32(28(35)23-9-4-7-21(2)17-23)25(19-37-29)26(33)30-18-24-10-5-15-36-24/h3-4,6-9,16-17,24-25H,5,10-15,18-19H2,1-2H3,(H,30,33)/t24-,25-/m0/s1. The molecule has 5 rings (SSSR count). The first kappa shape index (κ1) is 25.4. The minimum absolute atomic E-state index is 0.0111. The maximum absolute atomic E-state index is 13.9. The molecule has 3 aliphatic rings. The number of nitrogens with zero attached hydrogens (tertiary/aromatic N) is 2. The summed E-state index contributed by atoms with van der Waals surface area (Å²) in [6, 6.07) is 14.2. The molecule has 0 aliphatic carbocycles. The van der Waals surface area contributed by atoms with Crippen LogP contribution in [-0.2, 0) is 14.3 Å². The fourth-order valence-electron chi connectivity index (χ4n) is 5.64. The van der Waals surface area contributed by atoms with Crippen LogP contribution in [0.4, 0.5) is 0 Å². The molecule has 0 unspecified atom stereocenters. The van der Waals surface area contributed by atoms with Crippen LogP contribution in [0.25, 0.3) is 0 Å². The van der Waals surface area contributed by atoms with Crippen LogP contribution in [0.5, 0.6) is 0 Å². The largest absolute Gasteiger partial charge is 0.376 e. The number of carbonyl (C=O) groups is 3. The third-order valence-corrected chi connectivity index (χ3v) is 7.67.